The number of amides is 1. The first-order chi connectivity index (χ1) is 9.41. The molecule has 20 heavy (non-hydrogen) atoms. The monoisotopic (exact) mass is 299 g/mol. The van der Waals surface area contributed by atoms with Crippen LogP contribution < -0.4 is 11.1 Å². The summed E-state index contributed by atoms with van der Waals surface area (Å²) in [5.74, 6) is -1.17. The van der Waals surface area contributed by atoms with E-state index in [4.69, 9.17) is 22.9 Å². The van der Waals surface area contributed by atoms with Crippen LogP contribution in [0.4, 0.5) is 4.39 Å². The SMILES string of the molecule is CC(NCCCN=[N+]=[N-])(C(N)=O)c1ccc(F)c(Cl)c1. The van der Waals surface area contributed by atoms with Crippen molar-refractivity contribution in [1.29, 1.82) is 0 Å². The van der Waals surface area contributed by atoms with Gasteiger partial charge in [-0.25, -0.2) is 4.39 Å². The zero-order valence-electron chi connectivity index (χ0n) is 10.9. The number of halogens is 2. The first-order valence-electron chi connectivity index (χ1n) is 5.93. The molecule has 0 heterocycles. The predicted octanol–water partition coefficient (Wildman–Crippen LogP) is 2.47. The molecule has 0 aliphatic carbocycles. The second-order valence-corrected chi connectivity index (χ2v) is 4.76. The van der Waals surface area contributed by atoms with Crippen LogP contribution in [-0.2, 0) is 10.3 Å². The van der Waals surface area contributed by atoms with Gasteiger partial charge in [0.1, 0.15) is 11.4 Å². The average Bonchev–Trinajstić information content (AvgIpc) is 2.41. The van der Waals surface area contributed by atoms with E-state index in [0.717, 1.165) is 0 Å². The molecule has 1 unspecified atom stereocenters. The number of nitrogens with one attached hydrogen (secondary N) is 1. The molecule has 108 valence electrons. The van der Waals surface area contributed by atoms with Crippen molar-refractivity contribution < 1.29 is 9.18 Å². The van der Waals surface area contributed by atoms with Gasteiger partial charge in [0.05, 0.1) is 5.02 Å². The van der Waals surface area contributed by atoms with Gasteiger partial charge in [0, 0.05) is 11.5 Å². The van der Waals surface area contributed by atoms with Crippen LogP contribution in [0.25, 0.3) is 10.4 Å². The Labute approximate surface area is 120 Å². The van der Waals surface area contributed by atoms with Gasteiger partial charge in [0.15, 0.2) is 0 Å². The molecule has 6 nitrogen and oxygen atoms in total. The minimum atomic E-state index is -1.17. The minimum Gasteiger partial charge on any atom is -0.368 e. The summed E-state index contributed by atoms with van der Waals surface area (Å²) < 4.78 is 13.2. The van der Waals surface area contributed by atoms with Gasteiger partial charge in [0.25, 0.3) is 0 Å². The number of nitrogens with two attached hydrogens (primary N) is 1. The summed E-state index contributed by atoms with van der Waals surface area (Å²) in [4.78, 5) is 14.3. The fraction of sp³-hybridized carbons (Fsp3) is 0.417. The van der Waals surface area contributed by atoms with Crippen LogP contribution in [0.2, 0.25) is 5.02 Å². The predicted molar refractivity (Wildman–Crippen MR) is 74.6 cm³/mol. The second kappa shape index (κ2) is 7.09. The van der Waals surface area contributed by atoms with Crippen LogP contribution in [0.1, 0.15) is 18.9 Å². The second-order valence-electron chi connectivity index (χ2n) is 4.35. The van der Waals surface area contributed by atoms with E-state index in [1.807, 2.05) is 0 Å². The first kappa shape index (κ1) is 16.2. The van der Waals surface area contributed by atoms with Gasteiger partial charge in [-0.05, 0) is 43.1 Å². The Morgan fingerprint density at radius 1 is 1.65 bits per heavy atom. The van der Waals surface area contributed by atoms with Crippen LogP contribution in [-0.4, -0.2) is 19.0 Å². The molecule has 0 radical (unpaired) electrons. The third-order valence-electron chi connectivity index (χ3n) is 2.97. The molecule has 3 N–H and O–H groups in total. The van der Waals surface area contributed by atoms with Crippen molar-refractivity contribution in [3.05, 3.63) is 45.0 Å². The minimum absolute atomic E-state index is 0.0779. The number of rotatable bonds is 7. The van der Waals surface area contributed by atoms with Crippen molar-refractivity contribution in [1.82, 2.24) is 5.32 Å². The van der Waals surface area contributed by atoms with Crippen molar-refractivity contribution in [2.45, 2.75) is 18.9 Å². The molecule has 0 spiro atoms. The molecule has 1 rings (SSSR count). The van der Waals surface area contributed by atoms with E-state index >= 15 is 0 Å². The molecule has 0 aromatic heterocycles. The summed E-state index contributed by atoms with van der Waals surface area (Å²) >= 11 is 5.72. The van der Waals surface area contributed by atoms with Gasteiger partial charge in [-0.15, -0.1) is 0 Å². The summed E-state index contributed by atoms with van der Waals surface area (Å²) in [6.45, 7) is 2.31. The number of carbonyl (C=O) groups excluding carboxylic acids is 1. The number of primary amides is 1. The molecule has 0 saturated carbocycles. The largest absolute Gasteiger partial charge is 0.368 e. The molecule has 1 aromatic rings. The Morgan fingerprint density at radius 3 is 2.90 bits per heavy atom. The Balaban J connectivity index is 2.87. The Bertz CT molecular complexity index is 547. The Kier molecular flexibility index (Phi) is 5.76. The third-order valence-corrected chi connectivity index (χ3v) is 3.26. The third kappa shape index (κ3) is 3.84. The van der Waals surface area contributed by atoms with Crippen molar-refractivity contribution in [2.75, 3.05) is 13.1 Å². The topological polar surface area (TPSA) is 104 Å². The van der Waals surface area contributed by atoms with Crippen molar-refractivity contribution in [2.24, 2.45) is 10.8 Å². The Morgan fingerprint density at radius 2 is 2.35 bits per heavy atom. The van der Waals surface area contributed by atoms with Crippen LogP contribution >= 0.6 is 11.6 Å². The maximum absolute atomic E-state index is 13.2. The smallest absolute Gasteiger partial charge is 0.242 e. The Hall–Kier alpha value is -1.82. The standard InChI is InChI=1S/C12H15ClFN5O/c1-12(11(15)20,17-5-2-6-18-19-16)8-3-4-10(14)9(13)7-8/h3-4,7,17H,2,5-6H2,1H3,(H2,15,20). The lowest BCUT2D eigenvalue weighted by molar-refractivity contribution is -0.124. The summed E-state index contributed by atoms with van der Waals surface area (Å²) in [6.07, 6.45) is 0.544. The number of carbonyl (C=O) groups is 1. The first-order valence-corrected chi connectivity index (χ1v) is 6.31. The van der Waals surface area contributed by atoms with E-state index in [9.17, 15) is 9.18 Å². The molecule has 1 amide bonds. The van der Waals surface area contributed by atoms with Crippen molar-refractivity contribution in [3.63, 3.8) is 0 Å². The number of hydrogen-bond acceptors (Lipinski definition) is 3. The fourth-order valence-corrected chi connectivity index (χ4v) is 1.85. The van der Waals surface area contributed by atoms with Crippen LogP contribution in [0.3, 0.4) is 0 Å². The maximum Gasteiger partial charge on any atom is 0.242 e. The van der Waals surface area contributed by atoms with Crippen LogP contribution in [0, 0.1) is 5.82 Å². The summed E-state index contributed by atoms with van der Waals surface area (Å²) in [6, 6.07) is 4.00. The number of hydrogen-bond donors (Lipinski definition) is 2. The van der Waals surface area contributed by atoms with Gasteiger partial charge >= 0.3 is 0 Å². The van der Waals surface area contributed by atoms with Crippen molar-refractivity contribution >= 4 is 17.5 Å². The van der Waals surface area contributed by atoms with Gasteiger partial charge < -0.3 is 5.73 Å². The molecule has 0 saturated heterocycles. The highest BCUT2D eigenvalue weighted by atomic mass is 35.5. The lowest BCUT2D eigenvalue weighted by Gasteiger charge is -2.28. The van der Waals surface area contributed by atoms with E-state index in [0.29, 0.717) is 25.1 Å². The van der Waals surface area contributed by atoms with E-state index in [2.05, 4.69) is 15.3 Å². The lowest BCUT2D eigenvalue weighted by Crippen LogP contribution is -2.50. The van der Waals surface area contributed by atoms with Gasteiger partial charge in [0.2, 0.25) is 5.91 Å². The lowest BCUT2D eigenvalue weighted by atomic mass is 9.91. The zero-order chi connectivity index (χ0) is 15.2. The maximum atomic E-state index is 13.2. The fourth-order valence-electron chi connectivity index (χ4n) is 1.67. The van der Waals surface area contributed by atoms with E-state index < -0.39 is 17.3 Å². The molecule has 1 atom stereocenters. The molecular formula is C12H15ClFN5O. The quantitative estimate of drug-likeness (QED) is 0.349. The van der Waals surface area contributed by atoms with Crippen LogP contribution in [0.15, 0.2) is 23.3 Å². The summed E-state index contributed by atoms with van der Waals surface area (Å²) in [5, 5.41) is 6.29. The normalized spacial score (nSPS) is 13.3. The van der Waals surface area contributed by atoms with Gasteiger partial charge in [-0.2, -0.15) is 0 Å². The number of azide groups is 1. The molecule has 1 aromatic carbocycles. The highest BCUT2D eigenvalue weighted by molar-refractivity contribution is 6.30. The van der Waals surface area contributed by atoms with E-state index in [-0.39, 0.29) is 5.02 Å². The van der Waals surface area contributed by atoms with Crippen LogP contribution in [0.5, 0.6) is 0 Å². The molecule has 0 fully saturated rings. The summed E-state index contributed by atoms with van der Waals surface area (Å²) in [7, 11) is 0. The van der Waals surface area contributed by atoms with Gasteiger partial charge in [-0.3, -0.25) is 10.1 Å². The molecule has 0 bridgehead atoms. The summed E-state index contributed by atoms with van der Waals surface area (Å²) in [5.41, 5.74) is 12.9. The highest BCUT2D eigenvalue weighted by Crippen LogP contribution is 2.25. The van der Waals surface area contributed by atoms with Gasteiger partial charge in [-0.1, -0.05) is 22.8 Å². The molecular weight excluding hydrogens is 285 g/mol. The molecule has 0 aliphatic heterocycles. The zero-order valence-corrected chi connectivity index (χ0v) is 11.7. The van der Waals surface area contributed by atoms with E-state index in [1.54, 1.807) is 6.92 Å². The highest BCUT2D eigenvalue weighted by Gasteiger charge is 2.32. The number of benzene rings is 1. The molecule has 0 aliphatic rings. The molecule has 8 heteroatoms. The average molecular weight is 300 g/mol. The number of nitrogens with zero attached hydrogens (tertiary/aromatic N) is 3. The van der Waals surface area contributed by atoms with Crippen molar-refractivity contribution in [3.8, 4) is 0 Å². The van der Waals surface area contributed by atoms with E-state index in [1.165, 1.54) is 18.2 Å².